The second kappa shape index (κ2) is 6.78. The van der Waals surface area contributed by atoms with Crippen LogP contribution in [0.3, 0.4) is 0 Å². The monoisotopic (exact) mass is 390 g/mol. The third kappa shape index (κ3) is 3.97. The van der Waals surface area contributed by atoms with Crippen molar-refractivity contribution in [3.05, 3.63) is 39.0 Å². The van der Waals surface area contributed by atoms with Gasteiger partial charge in [0, 0.05) is 17.1 Å². The van der Waals surface area contributed by atoms with Gasteiger partial charge in [-0.05, 0) is 53.2 Å². The van der Waals surface area contributed by atoms with Crippen molar-refractivity contribution in [2.45, 2.75) is 18.4 Å². The Balaban J connectivity index is 2.22. The van der Waals surface area contributed by atoms with E-state index in [1.54, 1.807) is 30.3 Å². The summed E-state index contributed by atoms with van der Waals surface area (Å²) in [6.45, 7) is 2.76. The highest BCUT2D eigenvalue weighted by molar-refractivity contribution is 9.11. The van der Waals surface area contributed by atoms with E-state index < -0.39 is 10.0 Å². The van der Waals surface area contributed by atoms with Crippen LogP contribution in [0.4, 0.5) is 5.69 Å². The molecule has 0 spiro atoms. The summed E-state index contributed by atoms with van der Waals surface area (Å²) in [6, 6.07) is 8.33. The summed E-state index contributed by atoms with van der Waals surface area (Å²) >= 11 is 4.58. The van der Waals surface area contributed by atoms with E-state index in [0.29, 0.717) is 28.4 Å². The van der Waals surface area contributed by atoms with Gasteiger partial charge >= 0.3 is 0 Å². The van der Waals surface area contributed by atoms with Crippen LogP contribution in [0.5, 0.6) is 5.75 Å². The summed E-state index contributed by atoms with van der Waals surface area (Å²) in [4.78, 5) is 0.996. The molecular weight excluding hydrogens is 376 g/mol. The topological polar surface area (TPSA) is 81.4 Å². The molecule has 3 N–H and O–H groups in total. The average Bonchev–Trinajstić information content (AvgIpc) is 2.83. The fourth-order valence-corrected chi connectivity index (χ4v) is 5.30. The second-order valence-corrected chi connectivity index (χ2v) is 8.22. The minimum atomic E-state index is -3.64. The average molecular weight is 391 g/mol. The maximum absolute atomic E-state index is 12.4. The second-order valence-electron chi connectivity index (χ2n) is 4.12. The molecule has 0 aliphatic carbocycles. The van der Waals surface area contributed by atoms with Crippen molar-refractivity contribution in [1.29, 1.82) is 0 Å². The van der Waals surface area contributed by atoms with Gasteiger partial charge in [-0.15, -0.1) is 11.3 Å². The fraction of sp³-hybridized carbons (Fsp3) is 0.231. The van der Waals surface area contributed by atoms with E-state index in [-0.39, 0.29) is 4.90 Å². The van der Waals surface area contributed by atoms with Crippen LogP contribution in [0.25, 0.3) is 0 Å². The minimum absolute atomic E-state index is 0.196. The molecule has 1 aromatic heterocycles. The maximum atomic E-state index is 12.4. The predicted octanol–water partition coefficient (Wildman–Crippen LogP) is 3.17. The number of rotatable bonds is 6. The summed E-state index contributed by atoms with van der Waals surface area (Å²) in [6.07, 6.45) is 0. The van der Waals surface area contributed by atoms with E-state index in [4.69, 9.17) is 10.5 Å². The van der Waals surface area contributed by atoms with Gasteiger partial charge in [-0.1, -0.05) is 0 Å². The number of halogens is 1. The molecule has 0 aliphatic heterocycles. The summed E-state index contributed by atoms with van der Waals surface area (Å²) in [5.74, 6) is 0.697. The molecule has 114 valence electrons. The molecular formula is C13H15BrN2O3S2. The van der Waals surface area contributed by atoms with Crippen molar-refractivity contribution in [3.63, 3.8) is 0 Å². The Hall–Kier alpha value is -1.09. The van der Waals surface area contributed by atoms with E-state index in [1.165, 1.54) is 11.3 Å². The SMILES string of the molecule is CCOc1ccc(NS(=O)(=O)c2cc(CN)sc2Br)cc1. The van der Waals surface area contributed by atoms with Crippen LogP contribution >= 0.6 is 27.3 Å². The van der Waals surface area contributed by atoms with Crippen molar-refractivity contribution >= 4 is 43.0 Å². The Morgan fingerprint density at radius 3 is 2.52 bits per heavy atom. The van der Waals surface area contributed by atoms with Crippen LogP contribution < -0.4 is 15.2 Å². The first kappa shape index (κ1) is 16.3. The first-order valence-corrected chi connectivity index (χ1v) is 9.29. The lowest BCUT2D eigenvalue weighted by molar-refractivity contribution is 0.340. The van der Waals surface area contributed by atoms with Gasteiger partial charge in [-0.3, -0.25) is 4.72 Å². The summed E-state index contributed by atoms with van der Waals surface area (Å²) in [7, 11) is -3.64. The first-order chi connectivity index (χ1) is 9.96. The summed E-state index contributed by atoms with van der Waals surface area (Å²) in [5, 5.41) is 0. The standard InChI is InChI=1S/C13H15BrN2O3S2/c1-2-19-10-5-3-9(4-6-10)16-21(17,18)12-7-11(8-15)20-13(12)14/h3-7,16H,2,8,15H2,1H3. The van der Waals surface area contributed by atoms with Gasteiger partial charge < -0.3 is 10.5 Å². The number of anilines is 1. The lowest BCUT2D eigenvalue weighted by atomic mass is 10.3. The molecule has 0 fully saturated rings. The number of hydrogen-bond donors (Lipinski definition) is 2. The van der Waals surface area contributed by atoms with E-state index >= 15 is 0 Å². The molecule has 1 aromatic carbocycles. The molecule has 0 unspecified atom stereocenters. The molecule has 21 heavy (non-hydrogen) atoms. The number of benzene rings is 1. The number of nitrogens with one attached hydrogen (secondary N) is 1. The molecule has 5 nitrogen and oxygen atoms in total. The van der Waals surface area contributed by atoms with Crippen LogP contribution in [-0.2, 0) is 16.6 Å². The highest BCUT2D eigenvalue weighted by Crippen LogP contribution is 2.32. The Labute approximate surface area is 136 Å². The van der Waals surface area contributed by atoms with Gasteiger partial charge in [0.1, 0.15) is 10.6 Å². The van der Waals surface area contributed by atoms with Crippen molar-refractivity contribution in [3.8, 4) is 5.75 Å². The number of thiophene rings is 1. The highest BCUT2D eigenvalue weighted by atomic mass is 79.9. The first-order valence-electron chi connectivity index (χ1n) is 6.20. The Kier molecular flexibility index (Phi) is 5.26. The van der Waals surface area contributed by atoms with Gasteiger partial charge in [-0.2, -0.15) is 0 Å². The number of nitrogens with two attached hydrogens (primary N) is 1. The maximum Gasteiger partial charge on any atom is 0.263 e. The van der Waals surface area contributed by atoms with Crippen LogP contribution in [0.1, 0.15) is 11.8 Å². The third-order valence-electron chi connectivity index (χ3n) is 2.61. The van der Waals surface area contributed by atoms with Gasteiger partial charge in [0.15, 0.2) is 0 Å². The van der Waals surface area contributed by atoms with E-state index in [1.807, 2.05) is 6.92 Å². The van der Waals surface area contributed by atoms with Crippen LogP contribution in [0.15, 0.2) is 39.0 Å². The van der Waals surface area contributed by atoms with E-state index in [0.717, 1.165) is 4.88 Å². The zero-order valence-electron chi connectivity index (χ0n) is 11.3. The molecule has 0 bridgehead atoms. The van der Waals surface area contributed by atoms with Crippen molar-refractivity contribution in [2.24, 2.45) is 5.73 Å². The quantitative estimate of drug-likeness (QED) is 0.793. The Morgan fingerprint density at radius 2 is 2.00 bits per heavy atom. The number of sulfonamides is 1. The molecule has 0 saturated heterocycles. The van der Waals surface area contributed by atoms with E-state index in [2.05, 4.69) is 20.7 Å². The fourth-order valence-electron chi connectivity index (χ4n) is 1.68. The zero-order chi connectivity index (χ0) is 15.5. The van der Waals surface area contributed by atoms with Crippen LogP contribution in [0.2, 0.25) is 0 Å². The lowest BCUT2D eigenvalue weighted by Gasteiger charge is -2.08. The van der Waals surface area contributed by atoms with Gasteiger partial charge in [0.2, 0.25) is 0 Å². The molecule has 0 aliphatic rings. The molecule has 0 atom stereocenters. The lowest BCUT2D eigenvalue weighted by Crippen LogP contribution is -2.12. The minimum Gasteiger partial charge on any atom is -0.494 e. The molecule has 0 saturated carbocycles. The summed E-state index contributed by atoms with van der Waals surface area (Å²) in [5.41, 5.74) is 6.01. The Morgan fingerprint density at radius 1 is 1.33 bits per heavy atom. The van der Waals surface area contributed by atoms with Crippen molar-refractivity contribution in [1.82, 2.24) is 0 Å². The largest absolute Gasteiger partial charge is 0.494 e. The van der Waals surface area contributed by atoms with Gasteiger partial charge in [-0.25, -0.2) is 8.42 Å². The van der Waals surface area contributed by atoms with E-state index in [9.17, 15) is 8.42 Å². The Bertz CT molecular complexity index is 712. The zero-order valence-corrected chi connectivity index (χ0v) is 14.5. The number of ether oxygens (including phenoxy) is 1. The van der Waals surface area contributed by atoms with Gasteiger partial charge in [0.05, 0.1) is 10.4 Å². The van der Waals surface area contributed by atoms with Crippen molar-refractivity contribution in [2.75, 3.05) is 11.3 Å². The molecule has 1 heterocycles. The molecule has 0 amide bonds. The third-order valence-corrected chi connectivity index (χ3v) is 6.27. The molecule has 8 heteroatoms. The predicted molar refractivity (Wildman–Crippen MR) is 88.3 cm³/mol. The van der Waals surface area contributed by atoms with Crippen molar-refractivity contribution < 1.29 is 13.2 Å². The molecule has 2 rings (SSSR count). The molecule has 0 radical (unpaired) electrons. The smallest absolute Gasteiger partial charge is 0.263 e. The normalized spacial score (nSPS) is 11.4. The molecule has 2 aromatic rings. The van der Waals surface area contributed by atoms with Crippen LogP contribution in [0, 0.1) is 0 Å². The van der Waals surface area contributed by atoms with Crippen LogP contribution in [-0.4, -0.2) is 15.0 Å². The number of hydrogen-bond acceptors (Lipinski definition) is 5. The van der Waals surface area contributed by atoms with Gasteiger partial charge in [0.25, 0.3) is 10.0 Å². The highest BCUT2D eigenvalue weighted by Gasteiger charge is 2.20. The summed E-state index contributed by atoms with van der Waals surface area (Å²) < 4.78 is 33.1.